The summed E-state index contributed by atoms with van der Waals surface area (Å²) in [5.74, 6) is 1.57. The molecule has 1 aromatic carbocycles. The van der Waals surface area contributed by atoms with Crippen LogP contribution in [0, 0.1) is 11.8 Å². The van der Waals surface area contributed by atoms with E-state index in [1.807, 2.05) is 0 Å². The molecule has 2 N–H and O–H groups in total. The lowest BCUT2D eigenvalue weighted by Gasteiger charge is -2.21. The van der Waals surface area contributed by atoms with Crippen molar-refractivity contribution in [2.45, 2.75) is 58.4 Å². The Bertz CT molecular complexity index is 381. The highest BCUT2D eigenvalue weighted by Gasteiger charge is 2.31. The maximum absolute atomic E-state index is 6.31. The Morgan fingerprint density at radius 1 is 1.17 bits per heavy atom. The van der Waals surface area contributed by atoms with Gasteiger partial charge >= 0.3 is 0 Å². The summed E-state index contributed by atoms with van der Waals surface area (Å²) in [7, 11) is 0. The molecule has 1 saturated carbocycles. The van der Waals surface area contributed by atoms with Crippen LogP contribution in [0.15, 0.2) is 24.3 Å². The first-order chi connectivity index (χ1) is 8.38. The third-order valence-corrected chi connectivity index (χ3v) is 4.33. The zero-order valence-corrected chi connectivity index (χ0v) is 12.2. The third kappa shape index (κ3) is 3.35. The smallest absolute Gasteiger partial charge is 0.0108 e. The highest BCUT2D eigenvalue weighted by Crippen LogP contribution is 2.38. The van der Waals surface area contributed by atoms with E-state index in [1.54, 1.807) is 0 Å². The summed E-state index contributed by atoms with van der Waals surface area (Å²) in [4.78, 5) is 0. The molecule has 1 aliphatic rings. The lowest BCUT2D eigenvalue weighted by atomic mass is 9.85. The molecule has 0 radical (unpaired) electrons. The van der Waals surface area contributed by atoms with Gasteiger partial charge < -0.3 is 5.73 Å². The fourth-order valence-electron chi connectivity index (χ4n) is 2.57. The minimum atomic E-state index is 0.238. The molecule has 18 heavy (non-hydrogen) atoms. The SMILES string of the molecule is CC(C(N)Cc1ccc(C(C)(C)C)cc1)C1CC1. The van der Waals surface area contributed by atoms with Gasteiger partial charge in [0.1, 0.15) is 0 Å². The fraction of sp³-hybridized carbons (Fsp3) is 0.647. The van der Waals surface area contributed by atoms with E-state index in [9.17, 15) is 0 Å². The molecule has 0 spiro atoms. The summed E-state index contributed by atoms with van der Waals surface area (Å²) in [5, 5.41) is 0. The van der Waals surface area contributed by atoms with Crippen molar-refractivity contribution in [2.24, 2.45) is 17.6 Å². The van der Waals surface area contributed by atoms with E-state index < -0.39 is 0 Å². The summed E-state index contributed by atoms with van der Waals surface area (Å²) in [6.07, 6.45) is 3.79. The van der Waals surface area contributed by atoms with Gasteiger partial charge in [0.05, 0.1) is 0 Å². The lowest BCUT2D eigenvalue weighted by molar-refractivity contribution is 0.404. The topological polar surface area (TPSA) is 26.0 Å². The zero-order chi connectivity index (χ0) is 13.3. The summed E-state index contributed by atoms with van der Waals surface area (Å²) < 4.78 is 0. The van der Waals surface area contributed by atoms with Gasteiger partial charge in [-0.25, -0.2) is 0 Å². The first-order valence-electron chi connectivity index (χ1n) is 7.23. The average Bonchev–Trinajstić information content (AvgIpc) is 3.11. The number of hydrogen-bond donors (Lipinski definition) is 1. The second-order valence-electron chi connectivity index (χ2n) is 7.01. The molecule has 1 heteroatoms. The first kappa shape index (κ1) is 13.6. The van der Waals surface area contributed by atoms with E-state index in [1.165, 1.54) is 24.0 Å². The van der Waals surface area contributed by atoms with Gasteiger partial charge in [-0.1, -0.05) is 52.0 Å². The van der Waals surface area contributed by atoms with Crippen molar-refractivity contribution in [1.29, 1.82) is 0 Å². The monoisotopic (exact) mass is 245 g/mol. The van der Waals surface area contributed by atoms with E-state index in [0.717, 1.165) is 12.3 Å². The molecular formula is C17H27N. The van der Waals surface area contributed by atoms with Crippen LogP contribution in [-0.4, -0.2) is 6.04 Å². The first-order valence-corrected chi connectivity index (χ1v) is 7.23. The fourth-order valence-corrected chi connectivity index (χ4v) is 2.57. The molecule has 1 fully saturated rings. The van der Waals surface area contributed by atoms with Crippen LogP contribution in [-0.2, 0) is 11.8 Å². The van der Waals surface area contributed by atoms with E-state index >= 15 is 0 Å². The zero-order valence-electron chi connectivity index (χ0n) is 12.2. The highest BCUT2D eigenvalue weighted by molar-refractivity contribution is 5.28. The predicted molar refractivity (Wildman–Crippen MR) is 78.7 cm³/mol. The summed E-state index contributed by atoms with van der Waals surface area (Å²) in [6.45, 7) is 9.07. The molecular weight excluding hydrogens is 218 g/mol. The quantitative estimate of drug-likeness (QED) is 0.855. The molecule has 100 valence electrons. The van der Waals surface area contributed by atoms with Crippen LogP contribution in [0.3, 0.4) is 0 Å². The van der Waals surface area contributed by atoms with E-state index in [0.29, 0.717) is 12.0 Å². The van der Waals surface area contributed by atoms with Crippen LogP contribution in [0.1, 0.15) is 51.7 Å². The maximum atomic E-state index is 6.31. The normalized spacial score (nSPS) is 19.6. The predicted octanol–water partition coefficient (Wildman–Crippen LogP) is 3.90. The number of hydrogen-bond acceptors (Lipinski definition) is 1. The van der Waals surface area contributed by atoms with Crippen LogP contribution in [0.25, 0.3) is 0 Å². The molecule has 0 heterocycles. The standard InChI is InChI=1S/C17H27N/c1-12(14-7-8-14)16(18)11-13-5-9-15(10-6-13)17(2,3)4/h5-6,9-10,12,14,16H,7-8,11,18H2,1-4H3. The lowest BCUT2D eigenvalue weighted by Crippen LogP contribution is -2.31. The van der Waals surface area contributed by atoms with Crippen molar-refractivity contribution in [2.75, 3.05) is 0 Å². The van der Waals surface area contributed by atoms with Gasteiger partial charge in [-0.05, 0) is 47.6 Å². The maximum Gasteiger partial charge on any atom is 0.0108 e. The molecule has 2 unspecified atom stereocenters. The molecule has 0 saturated heterocycles. The molecule has 2 rings (SSSR count). The van der Waals surface area contributed by atoms with Crippen molar-refractivity contribution in [3.63, 3.8) is 0 Å². The largest absolute Gasteiger partial charge is 0.327 e. The molecule has 0 aliphatic heterocycles. The number of rotatable bonds is 4. The Morgan fingerprint density at radius 3 is 2.17 bits per heavy atom. The summed E-state index contributed by atoms with van der Waals surface area (Å²) >= 11 is 0. The van der Waals surface area contributed by atoms with Gasteiger partial charge in [-0.2, -0.15) is 0 Å². The second-order valence-corrected chi connectivity index (χ2v) is 7.01. The van der Waals surface area contributed by atoms with Gasteiger partial charge in [0.2, 0.25) is 0 Å². The molecule has 2 atom stereocenters. The van der Waals surface area contributed by atoms with Crippen LogP contribution in [0.5, 0.6) is 0 Å². The van der Waals surface area contributed by atoms with Crippen LogP contribution < -0.4 is 5.73 Å². The van der Waals surface area contributed by atoms with Crippen molar-refractivity contribution in [3.8, 4) is 0 Å². The van der Waals surface area contributed by atoms with Crippen molar-refractivity contribution in [3.05, 3.63) is 35.4 Å². The molecule has 1 nitrogen and oxygen atoms in total. The Kier molecular flexibility index (Phi) is 3.82. The third-order valence-electron chi connectivity index (χ3n) is 4.33. The summed E-state index contributed by atoms with van der Waals surface area (Å²) in [6, 6.07) is 9.33. The van der Waals surface area contributed by atoms with Gasteiger partial charge in [0.15, 0.2) is 0 Å². The van der Waals surface area contributed by atoms with Crippen LogP contribution >= 0.6 is 0 Å². The van der Waals surface area contributed by atoms with E-state index in [2.05, 4.69) is 52.0 Å². The van der Waals surface area contributed by atoms with Crippen molar-refractivity contribution < 1.29 is 0 Å². The second kappa shape index (κ2) is 5.05. The van der Waals surface area contributed by atoms with Crippen LogP contribution in [0.4, 0.5) is 0 Å². The molecule has 1 aliphatic carbocycles. The van der Waals surface area contributed by atoms with Crippen molar-refractivity contribution in [1.82, 2.24) is 0 Å². The van der Waals surface area contributed by atoms with Gasteiger partial charge in [-0.15, -0.1) is 0 Å². The molecule has 0 amide bonds. The van der Waals surface area contributed by atoms with Gasteiger partial charge in [0.25, 0.3) is 0 Å². The summed E-state index contributed by atoms with van der Waals surface area (Å²) in [5.41, 5.74) is 9.33. The number of nitrogens with two attached hydrogens (primary N) is 1. The minimum absolute atomic E-state index is 0.238. The Morgan fingerprint density at radius 2 is 1.72 bits per heavy atom. The highest BCUT2D eigenvalue weighted by atomic mass is 14.7. The Balaban J connectivity index is 1.97. The molecule has 0 aromatic heterocycles. The molecule has 0 bridgehead atoms. The Hall–Kier alpha value is -0.820. The number of benzene rings is 1. The van der Waals surface area contributed by atoms with Gasteiger partial charge in [-0.3, -0.25) is 0 Å². The average molecular weight is 245 g/mol. The Labute approximate surface area is 112 Å². The molecule has 1 aromatic rings. The van der Waals surface area contributed by atoms with E-state index in [4.69, 9.17) is 5.73 Å². The van der Waals surface area contributed by atoms with Gasteiger partial charge in [0, 0.05) is 6.04 Å². The van der Waals surface area contributed by atoms with Crippen molar-refractivity contribution >= 4 is 0 Å². The van der Waals surface area contributed by atoms with E-state index in [-0.39, 0.29) is 5.41 Å². The minimum Gasteiger partial charge on any atom is -0.327 e. The van der Waals surface area contributed by atoms with Crippen LogP contribution in [0.2, 0.25) is 0 Å².